The van der Waals surface area contributed by atoms with Crippen LogP contribution in [0.5, 0.6) is 0 Å². The zero-order valence-corrected chi connectivity index (χ0v) is 43.3. The first-order valence-corrected chi connectivity index (χ1v) is 25.1. The van der Waals surface area contributed by atoms with E-state index < -0.39 is 17.4 Å². The van der Waals surface area contributed by atoms with Gasteiger partial charge >= 0.3 is 17.9 Å². The molecule has 5 aromatic rings. The van der Waals surface area contributed by atoms with E-state index in [9.17, 15) is 14.4 Å². The van der Waals surface area contributed by atoms with Crippen molar-refractivity contribution in [1.29, 1.82) is 0 Å². The highest BCUT2D eigenvalue weighted by molar-refractivity contribution is 6.05. The number of nitrogens with one attached hydrogen (secondary N) is 1. The standard InChI is InChI=1S/C61H73N3O6/c1-12-61(8,9)60(67)69-34-33-68-55(65)31-32-56(66)70-54-20-16-15-19-53(54)62-52-30-29-51(49-17-13-14-18-50(49)52)57(45-21-25-47(26-22-45)63(10)58-41(4)35-39(2)36-42(58)5)46-23-27-48(28-24-46)64(11)59-43(6)37-40(3)38-44(59)7/h13-14,17-18,21-30,35-38,47,53-54,62H,12,15-16,19-20,31-34H2,1-11H3. The molecule has 0 aliphatic heterocycles. The van der Waals surface area contributed by atoms with Gasteiger partial charge in [0.05, 0.1) is 30.3 Å². The van der Waals surface area contributed by atoms with E-state index in [0.29, 0.717) is 6.42 Å². The van der Waals surface area contributed by atoms with E-state index in [-0.39, 0.29) is 50.2 Å². The smallest absolute Gasteiger partial charge is 0.311 e. The number of carbonyl (C=O) groups excluding carboxylic acids is 3. The minimum atomic E-state index is -0.598. The summed E-state index contributed by atoms with van der Waals surface area (Å²) >= 11 is 0. The van der Waals surface area contributed by atoms with Gasteiger partial charge in [0.1, 0.15) is 19.3 Å². The van der Waals surface area contributed by atoms with Crippen molar-refractivity contribution in [1.82, 2.24) is 0 Å². The van der Waals surface area contributed by atoms with E-state index >= 15 is 0 Å². The summed E-state index contributed by atoms with van der Waals surface area (Å²) in [6, 6.07) is 30.9. The lowest BCUT2D eigenvalue weighted by Gasteiger charge is -2.33. The molecule has 1 fully saturated rings. The molecule has 7 rings (SSSR count). The van der Waals surface area contributed by atoms with E-state index in [0.717, 1.165) is 70.1 Å². The molecule has 0 radical (unpaired) electrons. The van der Waals surface area contributed by atoms with Crippen LogP contribution in [0, 0.1) is 47.0 Å². The number of hydrogen-bond acceptors (Lipinski definition) is 9. The Bertz CT molecular complexity index is 2760. The lowest BCUT2D eigenvalue weighted by Crippen LogP contribution is -2.39. The van der Waals surface area contributed by atoms with E-state index in [1.54, 1.807) is 0 Å². The van der Waals surface area contributed by atoms with Gasteiger partial charge in [-0.05, 0) is 149 Å². The Morgan fingerprint density at radius 3 is 1.89 bits per heavy atom. The number of likely N-dealkylation sites (N-methyl/N-ethyl adjacent to an activating group) is 1. The number of rotatable bonds is 17. The lowest BCUT2D eigenvalue weighted by molar-refractivity contribution is -0.160. The molecule has 368 valence electrons. The summed E-state index contributed by atoms with van der Waals surface area (Å²) in [6.45, 7) is 18.5. The molecule has 0 spiro atoms. The fraction of sp³-hybridized carbons (Fsp3) is 0.393. The Morgan fingerprint density at radius 2 is 1.26 bits per heavy atom. The number of esters is 3. The zero-order valence-electron chi connectivity index (χ0n) is 43.3. The summed E-state index contributed by atoms with van der Waals surface area (Å²) in [6.07, 6.45) is 12.8. The van der Waals surface area contributed by atoms with Crippen molar-refractivity contribution in [2.45, 2.75) is 125 Å². The number of benzene rings is 5. The van der Waals surface area contributed by atoms with Crippen molar-refractivity contribution in [2.24, 2.45) is 5.41 Å². The van der Waals surface area contributed by atoms with Crippen molar-refractivity contribution in [2.75, 3.05) is 42.4 Å². The quantitative estimate of drug-likeness (QED) is 0.0555. The molecule has 0 saturated heterocycles. The first kappa shape index (κ1) is 51.2. The minimum absolute atomic E-state index is 0.0253. The van der Waals surface area contributed by atoms with Crippen molar-refractivity contribution < 1.29 is 28.6 Å². The van der Waals surface area contributed by atoms with Crippen LogP contribution in [-0.4, -0.2) is 63.4 Å². The summed E-state index contributed by atoms with van der Waals surface area (Å²) in [7, 11) is 4.33. The van der Waals surface area contributed by atoms with Crippen LogP contribution in [-0.2, 0) is 28.6 Å². The van der Waals surface area contributed by atoms with Gasteiger partial charge < -0.3 is 29.3 Å². The van der Waals surface area contributed by atoms with Gasteiger partial charge in [0.25, 0.3) is 0 Å². The van der Waals surface area contributed by atoms with Crippen molar-refractivity contribution >= 4 is 57.0 Å². The normalized spacial score (nSPS) is 16.7. The largest absolute Gasteiger partial charge is 0.462 e. The van der Waals surface area contributed by atoms with Gasteiger partial charge in [0, 0.05) is 42.2 Å². The second kappa shape index (κ2) is 22.4. The number of nitrogens with zero attached hydrogens (tertiary/aromatic N) is 2. The molecule has 2 aliphatic rings. The zero-order chi connectivity index (χ0) is 50.3. The molecule has 9 heteroatoms. The van der Waals surface area contributed by atoms with Gasteiger partial charge in [-0.2, -0.15) is 0 Å². The van der Waals surface area contributed by atoms with Crippen LogP contribution in [0.3, 0.4) is 0 Å². The van der Waals surface area contributed by atoms with Crippen molar-refractivity contribution in [3.8, 4) is 0 Å². The molecule has 5 aromatic carbocycles. The number of carbonyl (C=O) groups is 3. The average molecular weight is 944 g/mol. The average Bonchev–Trinajstić information content (AvgIpc) is 3.33. The van der Waals surface area contributed by atoms with Crippen LogP contribution in [0.2, 0.25) is 0 Å². The monoisotopic (exact) mass is 944 g/mol. The number of allylic oxidation sites excluding steroid dienone is 3. The van der Waals surface area contributed by atoms with Gasteiger partial charge in [-0.25, -0.2) is 0 Å². The highest BCUT2D eigenvalue weighted by Gasteiger charge is 2.30. The second-order valence-electron chi connectivity index (χ2n) is 20.1. The van der Waals surface area contributed by atoms with Crippen LogP contribution < -0.4 is 15.1 Å². The highest BCUT2D eigenvalue weighted by Crippen LogP contribution is 2.40. The van der Waals surface area contributed by atoms with Gasteiger partial charge in [0.15, 0.2) is 0 Å². The predicted molar refractivity (Wildman–Crippen MR) is 287 cm³/mol. The molecular formula is C61H73N3O6. The van der Waals surface area contributed by atoms with E-state index in [1.807, 2.05) is 20.8 Å². The van der Waals surface area contributed by atoms with Crippen LogP contribution in [0.1, 0.15) is 110 Å². The molecule has 1 N–H and O–H groups in total. The molecule has 2 unspecified atom stereocenters. The van der Waals surface area contributed by atoms with Crippen LogP contribution in [0.4, 0.5) is 22.7 Å². The molecule has 0 amide bonds. The number of ether oxygens (including phenoxy) is 3. The van der Waals surface area contributed by atoms with Crippen molar-refractivity contribution in [3.05, 3.63) is 159 Å². The summed E-state index contributed by atoms with van der Waals surface area (Å²) in [5.41, 5.74) is 16.0. The Morgan fingerprint density at radius 1 is 0.686 bits per heavy atom. The topological polar surface area (TPSA) is 97.4 Å². The molecule has 0 aromatic heterocycles. The van der Waals surface area contributed by atoms with E-state index in [1.165, 1.54) is 44.8 Å². The third-order valence-corrected chi connectivity index (χ3v) is 14.3. The molecule has 0 bridgehead atoms. The maximum Gasteiger partial charge on any atom is 0.311 e. The number of aryl methyl sites for hydroxylation is 6. The first-order valence-electron chi connectivity index (χ1n) is 25.1. The first-order chi connectivity index (χ1) is 33.4. The summed E-state index contributed by atoms with van der Waals surface area (Å²) < 4.78 is 16.6. The molecule has 1 saturated carbocycles. The molecule has 2 aliphatic carbocycles. The lowest BCUT2D eigenvalue weighted by atomic mass is 9.86. The van der Waals surface area contributed by atoms with Crippen molar-refractivity contribution in [3.63, 3.8) is 0 Å². The predicted octanol–water partition coefficient (Wildman–Crippen LogP) is 13.5. The van der Waals surface area contributed by atoms with Gasteiger partial charge in [-0.3, -0.25) is 14.4 Å². The summed E-state index contributed by atoms with van der Waals surface area (Å²) in [4.78, 5) is 42.6. The highest BCUT2D eigenvalue weighted by atomic mass is 16.6. The van der Waals surface area contributed by atoms with Crippen LogP contribution >= 0.6 is 0 Å². The SMILES string of the molecule is CCC(C)(C)C(=O)OCCOC(=O)CCC(=O)OC1CCCCC1Nc1ccc(C(=C2C=CC(N(C)c3c(C)cc(C)cc3C)C=C2)c2ccc(N(C)c3c(C)cc(C)cc3C)cc2)c2ccccc12. The molecule has 2 atom stereocenters. The summed E-state index contributed by atoms with van der Waals surface area (Å²) in [5, 5.41) is 6.01. The van der Waals surface area contributed by atoms with E-state index in [2.05, 4.69) is 180 Å². The number of hydrogen-bond donors (Lipinski definition) is 1. The van der Waals surface area contributed by atoms with Gasteiger partial charge in [-0.1, -0.05) is 116 Å². The Balaban J connectivity index is 1.14. The number of anilines is 4. The third-order valence-electron chi connectivity index (χ3n) is 14.3. The van der Waals surface area contributed by atoms with Crippen LogP contribution in [0.25, 0.3) is 16.3 Å². The van der Waals surface area contributed by atoms with E-state index in [4.69, 9.17) is 14.2 Å². The minimum Gasteiger partial charge on any atom is -0.462 e. The Hall–Kier alpha value is -6.61. The third kappa shape index (κ3) is 11.9. The Labute approximate surface area is 416 Å². The molecule has 9 nitrogen and oxygen atoms in total. The molecular weight excluding hydrogens is 871 g/mol. The summed E-state index contributed by atoms with van der Waals surface area (Å²) in [5.74, 6) is -1.30. The second-order valence-corrected chi connectivity index (χ2v) is 20.1. The van der Waals surface area contributed by atoms with Crippen LogP contribution in [0.15, 0.2) is 115 Å². The van der Waals surface area contributed by atoms with Gasteiger partial charge in [0.2, 0.25) is 0 Å². The molecule has 70 heavy (non-hydrogen) atoms. The van der Waals surface area contributed by atoms with Gasteiger partial charge in [-0.15, -0.1) is 0 Å². The maximum absolute atomic E-state index is 13.2. The molecule has 0 heterocycles. The fourth-order valence-electron chi connectivity index (χ4n) is 10.4. The number of fused-ring (bicyclic) bond motifs is 1. The maximum atomic E-state index is 13.2. The fourth-order valence-corrected chi connectivity index (χ4v) is 10.4. The Kier molecular flexibility index (Phi) is 16.4.